The number of hydrogen-bond donors (Lipinski definition) is 2. The highest BCUT2D eigenvalue weighted by molar-refractivity contribution is 7.87. The molecule has 1 aromatic rings. The monoisotopic (exact) mass is 466 g/mol. The van der Waals surface area contributed by atoms with E-state index in [-0.39, 0.29) is 9.79 Å². The smallest absolute Gasteiger partial charge is 0.282 e. The van der Waals surface area contributed by atoms with Gasteiger partial charge >= 0.3 is 0 Å². The zero-order valence-electron chi connectivity index (χ0n) is 17.7. The van der Waals surface area contributed by atoms with Crippen molar-refractivity contribution in [2.24, 2.45) is 0 Å². The molecule has 0 radical (unpaired) electrons. The molecule has 1 rings (SSSR count). The van der Waals surface area contributed by atoms with Gasteiger partial charge in [0.1, 0.15) is 0 Å². The minimum Gasteiger partial charge on any atom is -0.282 e. The van der Waals surface area contributed by atoms with Crippen molar-refractivity contribution < 1.29 is 25.9 Å². The molecule has 0 amide bonds. The first-order valence-electron chi connectivity index (χ1n) is 9.96. The minimum absolute atomic E-state index is 0.354. The molecule has 0 fully saturated rings. The van der Waals surface area contributed by atoms with Gasteiger partial charge in [0.2, 0.25) is 0 Å². The van der Waals surface area contributed by atoms with Crippen LogP contribution in [0.5, 0.6) is 0 Å². The summed E-state index contributed by atoms with van der Waals surface area (Å²) in [6.07, 6.45) is 0. The molecular formula is C18H34O6S2Si2. The van der Waals surface area contributed by atoms with Crippen molar-refractivity contribution in [2.75, 3.05) is 0 Å². The van der Waals surface area contributed by atoms with Crippen molar-refractivity contribution in [3.63, 3.8) is 0 Å². The molecule has 0 unspecified atom stereocenters. The van der Waals surface area contributed by atoms with E-state index in [1.165, 1.54) is 0 Å². The fraction of sp³-hybridized carbons (Fsp3) is 0.667. The zero-order chi connectivity index (χ0) is 22.0. The third-order valence-electron chi connectivity index (χ3n) is 6.84. The average Bonchev–Trinajstić information content (AvgIpc) is 2.64. The van der Waals surface area contributed by atoms with Crippen LogP contribution in [0.15, 0.2) is 21.9 Å². The highest BCUT2D eigenvalue weighted by atomic mass is 32.2. The van der Waals surface area contributed by atoms with E-state index in [1.54, 1.807) is 6.07 Å². The van der Waals surface area contributed by atoms with E-state index in [4.69, 9.17) is 0 Å². The largest absolute Gasteiger partial charge is 0.294 e. The normalized spacial score (nSPS) is 13.7. The summed E-state index contributed by atoms with van der Waals surface area (Å²) in [6, 6.07) is 7.45. The van der Waals surface area contributed by atoms with Crippen molar-refractivity contribution in [3.05, 3.63) is 12.1 Å². The molecule has 162 valence electrons. The van der Waals surface area contributed by atoms with Gasteiger partial charge in [0.25, 0.3) is 20.2 Å². The van der Waals surface area contributed by atoms with Gasteiger partial charge in [-0.15, -0.1) is 0 Å². The second-order valence-electron chi connectivity index (χ2n) is 7.48. The molecule has 1 aromatic carbocycles. The van der Waals surface area contributed by atoms with Crippen molar-refractivity contribution in [2.45, 2.75) is 87.6 Å². The van der Waals surface area contributed by atoms with Crippen molar-refractivity contribution in [3.8, 4) is 0 Å². The van der Waals surface area contributed by atoms with Crippen LogP contribution in [-0.4, -0.2) is 42.1 Å². The molecule has 0 bridgehead atoms. The fourth-order valence-electron chi connectivity index (χ4n) is 4.46. The molecule has 0 saturated carbocycles. The minimum atomic E-state index is -4.64. The third kappa shape index (κ3) is 4.62. The summed E-state index contributed by atoms with van der Waals surface area (Å²) in [5, 5.41) is 1.19. The van der Waals surface area contributed by atoms with Gasteiger partial charge in [0, 0.05) is 0 Å². The van der Waals surface area contributed by atoms with E-state index in [0.29, 0.717) is 10.4 Å². The van der Waals surface area contributed by atoms with Crippen molar-refractivity contribution in [1.82, 2.24) is 0 Å². The summed E-state index contributed by atoms with van der Waals surface area (Å²) >= 11 is 0. The molecule has 0 aromatic heterocycles. The Bertz CT molecular complexity index is 814. The summed E-state index contributed by atoms with van der Waals surface area (Å²) in [4.78, 5) is -0.709. The molecule has 0 atom stereocenters. The quantitative estimate of drug-likeness (QED) is 0.403. The maximum absolute atomic E-state index is 12.2. The first kappa shape index (κ1) is 25.5. The van der Waals surface area contributed by atoms with Crippen LogP contribution >= 0.6 is 0 Å². The van der Waals surface area contributed by atoms with Crippen molar-refractivity contribution in [1.29, 1.82) is 0 Å². The molecule has 0 aliphatic rings. The molecular weight excluding hydrogens is 432 g/mol. The predicted octanol–water partition coefficient (Wildman–Crippen LogP) is 3.61. The van der Waals surface area contributed by atoms with Crippen LogP contribution in [0.2, 0.25) is 36.3 Å². The van der Waals surface area contributed by atoms with Gasteiger partial charge in [-0.1, -0.05) is 83.9 Å². The number of benzene rings is 1. The van der Waals surface area contributed by atoms with Crippen LogP contribution in [0.25, 0.3) is 0 Å². The van der Waals surface area contributed by atoms with Crippen molar-refractivity contribution >= 4 is 46.8 Å². The van der Waals surface area contributed by atoms with E-state index in [0.717, 1.165) is 42.3 Å². The molecule has 10 heteroatoms. The summed E-state index contributed by atoms with van der Waals surface area (Å²) < 4.78 is 68.6. The lowest BCUT2D eigenvalue weighted by atomic mass is 10.3. The van der Waals surface area contributed by atoms with Gasteiger partial charge in [-0.3, -0.25) is 9.11 Å². The molecule has 6 nitrogen and oxygen atoms in total. The van der Waals surface area contributed by atoms with E-state index in [2.05, 4.69) is 0 Å². The van der Waals surface area contributed by atoms with Crippen LogP contribution in [0.3, 0.4) is 0 Å². The maximum Gasteiger partial charge on any atom is 0.294 e. The van der Waals surface area contributed by atoms with Crippen LogP contribution in [0.1, 0.15) is 41.5 Å². The highest BCUT2D eigenvalue weighted by Crippen LogP contribution is 2.29. The Morgan fingerprint density at radius 1 is 0.607 bits per heavy atom. The first-order chi connectivity index (χ1) is 12.8. The molecule has 0 heterocycles. The molecule has 0 aliphatic carbocycles. The van der Waals surface area contributed by atoms with E-state index in [9.17, 15) is 25.9 Å². The molecule has 2 N–H and O–H groups in total. The van der Waals surface area contributed by atoms with Gasteiger partial charge < -0.3 is 0 Å². The molecule has 0 aliphatic heterocycles. The summed E-state index contributed by atoms with van der Waals surface area (Å²) in [6.45, 7) is 12.1. The van der Waals surface area contributed by atoms with E-state index in [1.807, 2.05) is 41.5 Å². The predicted molar refractivity (Wildman–Crippen MR) is 120 cm³/mol. The van der Waals surface area contributed by atoms with Crippen LogP contribution < -0.4 is 10.4 Å². The Labute approximate surface area is 172 Å². The lowest BCUT2D eigenvalue weighted by Crippen LogP contribution is -2.54. The SMILES string of the molecule is CC[Si](CC)(CC)c1cc([Si](CC)(CC)CC)c(S(=O)(=O)O)cc1S(=O)(=O)O. The first-order valence-corrected chi connectivity index (χ1v) is 18.1. The van der Waals surface area contributed by atoms with Crippen LogP contribution in [0.4, 0.5) is 0 Å². The maximum atomic E-state index is 12.2. The Hall–Kier alpha value is -0.526. The number of hydrogen-bond acceptors (Lipinski definition) is 4. The molecule has 28 heavy (non-hydrogen) atoms. The van der Waals surface area contributed by atoms with E-state index < -0.39 is 36.4 Å². The lowest BCUT2D eigenvalue weighted by Gasteiger charge is -2.35. The standard InChI is InChI=1S/C18H34O6S2Si2/c1-7-27(8-2,9-3)17-14-18(28(10-4,11-5)12-6)16(26(22,23)24)13-15(17)25(19,20)21/h13-14H,7-12H2,1-6H3,(H,19,20,21)(H,22,23,24). The van der Waals surface area contributed by atoms with Crippen LogP contribution in [0, 0.1) is 0 Å². The van der Waals surface area contributed by atoms with Gasteiger partial charge in [0.15, 0.2) is 0 Å². The Balaban J connectivity index is 4.27. The second-order valence-corrected chi connectivity index (χ2v) is 20.7. The summed E-state index contributed by atoms with van der Waals surface area (Å²) in [7, 11) is -13.8. The topological polar surface area (TPSA) is 109 Å². The highest BCUT2D eigenvalue weighted by Gasteiger charge is 2.41. The lowest BCUT2D eigenvalue weighted by molar-refractivity contribution is 0.482. The van der Waals surface area contributed by atoms with Gasteiger partial charge in [0.05, 0.1) is 25.9 Å². The molecule has 0 spiro atoms. The zero-order valence-corrected chi connectivity index (χ0v) is 21.4. The summed E-state index contributed by atoms with van der Waals surface area (Å²) in [5.41, 5.74) is 0. The average molecular weight is 467 g/mol. The Morgan fingerprint density at radius 2 is 0.857 bits per heavy atom. The Morgan fingerprint density at radius 3 is 1.04 bits per heavy atom. The summed E-state index contributed by atoms with van der Waals surface area (Å²) in [5.74, 6) is 0. The third-order valence-corrected chi connectivity index (χ3v) is 20.2. The van der Waals surface area contributed by atoms with Crippen LogP contribution in [-0.2, 0) is 20.2 Å². The Kier molecular flexibility index (Phi) is 8.28. The van der Waals surface area contributed by atoms with Gasteiger partial charge in [-0.05, 0) is 16.4 Å². The molecule has 0 saturated heterocycles. The fourth-order valence-corrected chi connectivity index (χ4v) is 15.3. The number of rotatable bonds is 10. The van der Waals surface area contributed by atoms with Gasteiger partial charge in [-0.2, -0.15) is 16.8 Å². The second kappa shape index (κ2) is 9.09. The van der Waals surface area contributed by atoms with E-state index >= 15 is 0 Å². The van der Waals surface area contributed by atoms with Gasteiger partial charge in [-0.25, -0.2) is 0 Å².